The maximum Gasteiger partial charge on any atom is 0.434 e. The van der Waals surface area contributed by atoms with Crippen LogP contribution in [-0.4, -0.2) is 41.0 Å². The molecule has 0 saturated carbocycles. The zero-order valence-electron chi connectivity index (χ0n) is 25.1. The molecule has 250 valence electrons. The molecule has 0 atom stereocenters. The second-order valence-corrected chi connectivity index (χ2v) is 10.7. The van der Waals surface area contributed by atoms with Gasteiger partial charge in [-0.1, -0.05) is 41.9 Å². The molecule has 0 fully saturated rings. The van der Waals surface area contributed by atoms with Gasteiger partial charge in [0, 0.05) is 36.1 Å². The fourth-order valence-electron chi connectivity index (χ4n) is 4.87. The number of ether oxygens (including phenoxy) is 1. The van der Waals surface area contributed by atoms with Crippen molar-refractivity contribution in [2.24, 2.45) is 0 Å². The van der Waals surface area contributed by atoms with Crippen molar-refractivity contribution < 1.29 is 35.9 Å². The Morgan fingerprint density at radius 2 is 1.65 bits per heavy atom. The summed E-state index contributed by atoms with van der Waals surface area (Å²) in [5, 5.41) is 11.8. The first kappa shape index (κ1) is 34.1. The van der Waals surface area contributed by atoms with E-state index in [1.807, 2.05) is 0 Å². The van der Waals surface area contributed by atoms with Crippen LogP contribution in [0.3, 0.4) is 0 Å². The largest absolute Gasteiger partial charge is 0.497 e. The van der Waals surface area contributed by atoms with Crippen LogP contribution < -0.4 is 20.7 Å². The molecule has 0 aliphatic rings. The summed E-state index contributed by atoms with van der Waals surface area (Å²) in [4.78, 5) is 16.5. The van der Waals surface area contributed by atoms with E-state index >= 15 is 0 Å². The molecule has 2 aromatic heterocycles. The van der Waals surface area contributed by atoms with E-state index in [2.05, 4.69) is 26.0 Å². The first-order valence-electron chi connectivity index (χ1n) is 14.4. The highest BCUT2D eigenvalue weighted by atomic mass is 35.5. The van der Waals surface area contributed by atoms with Crippen LogP contribution in [0.2, 0.25) is 5.02 Å². The van der Waals surface area contributed by atoms with Crippen LogP contribution in [-0.2, 0) is 12.4 Å². The molecule has 3 N–H and O–H groups in total. The van der Waals surface area contributed by atoms with Crippen LogP contribution in [0, 0.1) is 0 Å². The van der Waals surface area contributed by atoms with Gasteiger partial charge in [-0.3, -0.25) is 0 Å². The molecule has 0 spiro atoms. The molecule has 0 aliphatic carbocycles. The summed E-state index contributed by atoms with van der Waals surface area (Å²) < 4.78 is 90.0. The number of pyridine rings is 1. The summed E-state index contributed by atoms with van der Waals surface area (Å²) in [5.74, 6) is 0.717. The van der Waals surface area contributed by atoms with Crippen molar-refractivity contribution in [1.82, 2.24) is 20.1 Å². The fourth-order valence-corrected chi connectivity index (χ4v) is 5.09. The van der Waals surface area contributed by atoms with Gasteiger partial charge in [0.05, 0.1) is 23.4 Å². The topological polar surface area (TPSA) is 93.1 Å². The number of anilines is 2. The Balaban J connectivity index is 1.33. The van der Waals surface area contributed by atoms with Crippen LogP contribution in [0.15, 0.2) is 91.1 Å². The molecule has 8 nitrogen and oxygen atoms in total. The van der Waals surface area contributed by atoms with Gasteiger partial charge in [-0.15, -0.1) is 0 Å². The molecule has 0 radical (unpaired) electrons. The Kier molecular flexibility index (Phi) is 10.1. The molecule has 48 heavy (non-hydrogen) atoms. The quantitative estimate of drug-likeness (QED) is 0.101. The van der Waals surface area contributed by atoms with E-state index in [9.17, 15) is 31.1 Å². The molecule has 5 aromatic rings. The molecule has 0 saturated heterocycles. The second kappa shape index (κ2) is 14.3. The third-order valence-electron chi connectivity index (χ3n) is 7.02. The smallest absolute Gasteiger partial charge is 0.434 e. The number of carbonyl (C=O) groups excluding carboxylic acids is 1. The Bertz CT molecular complexity index is 1900. The van der Waals surface area contributed by atoms with Crippen LogP contribution in [0.1, 0.15) is 17.7 Å². The summed E-state index contributed by atoms with van der Waals surface area (Å²) in [5.41, 5.74) is -1.37. The standard InChI is InChI=1S/C33H27ClF6N6O2/c1-48-24-10-5-7-21(17-24)29-28(30(33(38,39)40)46(45-29)23-8-3-2-4-9-23)20-13-16-42-27(18-20)41-14-6-15-43-31(47)44-22-11-12-26(34)25(19-22)32(35,36)37/h2-5,7-13,16-19H,6,14-15H2,1H3,(H,41,42)(H2,43,44,47). The number of carbonyl (C=O) groups is 1. The van der Waals surface area contributed by atoms with Crippen molar-refractivity contribution in [3.63, 3.8) is 0 Å². The highest BCUT2D eigenvalue weighted by molar-refractivity contribution is 6.31. The Labute approximate surface area is 275 Å². The van der Waals surface area contributed by atoms with Gasteiger partial charge in [0.25, 0.3) is 0 Å². The zero-order chi connectivity index (χ0) is 34.5. The lowest BCUT2D eigenvalue weighted by Crippen LogP contribution is -2.30. The number of amides is 2. The van der Waals surface area contributed by atoms with E-state index in [1.54, 1.807) is 42.5 Å². The summed E-state index contributed by atoms with van der Waals surface area (Å²) in [6, 6.07) is 19.8. The molecule has 15 heteroatoms. The summed E-state index contributed by atoms with van der Waals surface area (Å²) in [6.07, 6.45) is -7.75. The van der Waals surface area contributed by atoms with Gasteiger partial charge >= 0.3 is 18.4 Å². The number of nitrogens with zero attached hydrogens (tertiary/aromatic N) is 3. The Hall–Kier alpha value is -5.24. The number of urea groups is 1. The van der Waals surface area contributed by atoms with Gasteiger partial charge in [-0.05, 0) is 66.6 Å². The Morgan fingerprint density at radius 1 is 0.875 bits per heavy atom. The first-order valence-corrected chi connectivity index (χ1v) is 14.7. The van der Waals surface area contributed by atoms with Gasteiger partial charge in [-0.2, -0.15) is 31.4 Å². The van der Waals surface area contributed by atoms with Gasteiger partial charge < -0.3 is 20.7 Å². The number of alkyl halides is 6. The molecule has 2 heterocycles. The average molecular weight is 689 g/mol. The maximum absolute atomic E-state index is 14.8. The number of hydrogen-bond acceptors (Lipinski definition) is 5. The number of methoxy groups -OCH3 is 1. The second-order valence-electron chi connectivity index (χ2n) is 10.3. The molecule has 0 bridgehead atoms. The highest BCUT2D eigenvalue weighted by Crippen LogP contribution is 2.44. The summed E-state index contributed by atoms with van der Waals surface area (Å²) >= 11 is 5.61. The molecule has 0 unspecified atom stereocenters. The molecular formula is C33H27ClF6N6O2. The minimum atomic E-state index is -4.79. The molecule has 5 rings (SSSR count). The maximum atomic E-state index is 14.8. The van der Waals surface area contributed by atoms with Crippen molar-refractivity contribution in [2.75, 3.05) is 30.8 Å². The third-order valence-corrected chi connectivity index (χ3v) is 7.35. The van der Waals surface area contributed by atoms with Crippen molar-refractivity contribution >= 4 is 29.1 Å². The lowest BCUT2D eigenvalue weighted by Gasteiger charge is -2.14. The molecule has 2 amide bonds. The molecule has 3 aromatic carbocycles. The van der Waals surface area contributed by atoms with Gasteiger partial charge in [0.2, 0.25) is 0 Å². The first-order chi connectivity index (χ1) is 22.8. The van der Waals surface area contributed by atoms with Crippen LogP contribution in [0.25, 0.3) is 28.1 Å². The van der Waals surface area contributed by atoms with Gasteiger partial charge in [0.1, 0.15) is 17.3 Å². The monoisotopic (exact) mass is 688 g/mol. The van der Waals surface area contributed by atoms with Crippen LogP contribution >= 0.6 is 11.6 Å². The van der Waals surface area contributed by atoms with Crippen molar-refractivity contribution in [3.8, 4) is 33.8 Å². The number of para-hydroxylation sites is 1. The van der Waals surface area contributed by atoms with Crippen LogP contribution in [0.5, 0.6) is 5.75 Å². The van der Waals surface area contributed by atoms with E-state index in [4.69, 9.17) is 16.3 Å². The molecule has 0 aliphatic heterocycles. The number of aromatic nitrogens is 3. The van der Waals surface area contributed by atoms with Crippen molar-refractivity contribution in [1.29, 1.82) is 0 Å². The van der Waals surface area contributed by atoms with E-state index < -0.39 is 34.7 Å². The lowest BCUT2D eigenvalue weighted by molar-refractivity contribution is -0.142. The van der Waals surface area contributed by atoms with Gasteiger partial charge in [-0.25, -0.2) is 14.5 Å². The predicted molar refractivity (Wildman–Crippen MR) is 170 cm³/mol. The van der Waals surface area contributed by atoms with E-state index in [-0.39, 0.29) is 47.1 Å². The number of halogens is 7. The minimum Gasteiger partial charge on any atom is -0.497 e. The van der Waals surface area contributed by atoms with Crippen molar-refractivity contribution in [2.45, 2.75) is 18.8 Å². The third kappa shape index (κ3) is 8.00. The SMILES string of the molecule is COc1cccc(-c2nn(-c3ccccc3)c(C(F)(F)F)c2-c2ccnc(NCCCNC(=O)Nc3ccc(Cl)c(C(F)(F)F)c3)c2)c1. The van der Waals surface area contributed by atoms with Crippen LogP contribution in [0.4, 0.5) is 42.6 Å². The number of rotatable bonds is 10. The highest BCUT2D eigenvalue weighted by Gasteiger charge is 2.41. The van der Waals surface area contributed by atoms with E-state index in [0.717, 1.165) is 16.8 Å². The van der Waals surface area contributed by atoms with Crippen molar-refractivity contribution in [3.05, 3.63) is 107 Å². The number of hydrogen-bond donors (Lipinski definition) is 3. The minimum absolute atomic E-state index is 0.0838. The van der Waals surface area contributed by atoms with E-state index in [1.165, 1.54) is 43.6 Å². The van der Waals surface area contributed by atoms with Gasteiger partial charge in [0.15, 0.2) is 5.69 Å². The summed E-state index contributed by atoms with van der Waals surface area (Å²) in [7, 11) is 1.46. The van der Waals surface area contributed by atoms with E-state index in [0.29, 0.717) is 17.7 Å². The number of benzene rings is 3. The fraction of sp³-hybridized carbons (Fsp3) is 0.182. The lowest BCUT2D eigenvalue weighted by atomic mass is 9.99. The molecular weight excluding hydrogens is 662 g/mol. The Morgan fingerprint density at radius 3 is 2.35 bits per heavy atom. The predicted octanol–water partition coefficient (Wildman–Crippen LogP) is 8.92. The zero-order valence-corrected chi connectivity index (χ0v) is 25.8. The average Bonchev–Trinajstić information content (AvgIpc) is 3.47. The number of nitrogens with one attached hydrogen (secondary N) is 3. The summed E-state index contributed by atoms with van der Waals surface area (Å²) in [6.45, 7) is 0.383. The normalized spacial score (nSPS) is 11.7.